The Morgan fingerprint density at radius 1 is 1.09 bits per heavy atom. The van der Waals surface area contributed by atoms with Crippen LogP contribution in [0.2, 0.25) is 0 Å². The predicted molar refractivity (Wildman–Crippen MR) is 96.9 cm³/mol. The van der Waals surface area contributed by atoms with Gasteiger partial charge in [0.25, 0.3) is 10.0 Å². The lowest BCUT2D eigenvalue weighted by Crippen LogP contribution is -2.12. The largest absolute Gasteiger partial charge is 0.264 e. The van der Waals surface area contributed by atoms with E-state index in [2.05, 4.69) is 9.71 Å². The first kappa shape index (κ1) is 16.2. The van der Waals surface area contributed by atoms with Crippen molar-refractivity contribution in [1.82, 2.24) is 4.98 Å². The van der Waals surface area contributed by atoms with E-state index >= 15 is 0 Å². The smallest absolute Gasteiger partial charge is 0.255 e. The quantitative estimate of drug-likeness (QED) is 0.736. The number of aromatic nitrogens is 1. The van der Waals surface area contributed by atoms with E-state index in [1.165, 1.54) is 28.2 Å². The summed E-state index contributed by atoms with van der Waals surface area (Å²) in [5.41, 5.74) is 2.92. The highest BCUT2D eigenvalue weighted by Gasteiger charge is 2.20. The molecule has 0 unspecified atom stereocenters. The van der Waals surface area contributed by atoms with E-state index in [9.17, 15) is 8.42 Å². The van der Waals surface area contributed by atoms with Gasteiger partial charge in [-0.15, -0.1) is 22.7 Å². The number of thiophene rings is 1. The fourth-order valence-electron chi connectivity index (χ4n) is 2.22. The number of rotatable bonds is 4. The molecule has 0 amide bonds. The first-order chi connectivity index (χ1) is 10.8. The van der Waals surface area contributed by atoms with E-state index in [4.69, 9.17) is 0 Å². The number of hydrogen-bond donors (Lipinski definition) is 1. The van der Waals surface area contributed by atoms with Gasteiger partial charge in [0.05, 0.1) is 5.69 Å². The molecule has 3 aromatic rings. The summed E-state index contributed by atoms with van der Waals surface area (Å²) in [6.45, 7) is 5.73. The van der Waals surface area contributed by atoms with Crippen LogP contribution in [0.25, 0.3) is 11.3 Å². The molecule has 2 aromatic heterocycles. The summed E-state index contributed by atoms with van der Waals surface area (Å²) in [5.74, 6) is 0. The average molecular weight is 365 g/mol. The molecule has 7 heteroatoms. The lowest BCUT2D eigenvalue weighted by molar-refractivity contribution is 0.601. The molecule has 1 aromatic carbocycles. The Morgan fingerprint density at radius 2 is 1.78 bits per heavy atom. The van der Waals surface area contributed by atoms with Gasteiger partial charge in [-0.1, -0.05) is 29.8 Å². The zero-order valence-corrected chi connectivity index (χ0v) is 15.4. The van der Waals surface area contributed by atoms with Gasteiger partial charge in [-0.25, -0.2) is 13.4 Å². The van der Waals surface area contributed by atoms with Crippen LogP contribution >= 0.6 is 22.7 Å². The SMILES string of the molecule is Cc1ccc(-c2csc(NS(=O)(=O)c3cc(C)sc3C)n2)cc1. The number of nitrogens with one attached hydrogen (secondary N) is 1. The van der Waals surface area contributed by atoms with Gasteiger partial charge in [-0.3, -0.25) is 4.72 Å². The van der Waals surface area contributed by atoms with Gasteiger partial charge in [0.1, 0.15) is 4.90 Å². The number of thiazole rings is 1. The zero-order chi connectivity index (χ0) is 16.6. The Labute approximate surface area is 143 Å². The second-order valence-corrected chi connectivity index (χ2v) is 9.26. The molecule has 0 aliphatic heterocycles. The number of benzene rings is 1. The minimum absolute atomic E-state index is 0.326. The molecule has 0 fully saturated rings. The summed E-state index contributed by atoms with van der Waals surface area (Å²) in [6.07, 6.45) is 0. The van der Waals surface area contributed by atoms with Crippen molar-refractivity contribution in [3.63, 3.8) is 0 Å². The summed E-state index contributed by atoms with van der Waals surface area (Å²) >= 11 is 2.76. The van der Waals surface area contributed by atoms with Crippen molar-refractivity contribution < 1.29 is 8.42 Å². The third kappa shape index (κ3) is 3.46. The number of anilines is 1. The van der Waals surface area contributed by atoms with Crippen LogP contribution in [0.1, 0.15) is 15.3 Å². The molecule has 0 radical (unpaired) electrons. The van der Waals surface area contributed by atoms with E-state index < -0.39 is 10.0 Å². The van der Waals surface area contributed by atoms with Crippen LogP contribution in [-0.2, 0) is 10.0 Å². The molecule has 3 rings (SSSR count). The van der Waals surface area contributed by atoms with Gasteiger partial charge < -0.3 is 0 Å². The third-order valence-corrected chi connectivity index (χ3v) is 6.81. The van der Waals surface area contributed by atoms with Gasteiger partial charge >= 0.3 is 0 Å². The summed E-state index contributed by atoms with van der Waals surface area (Å²) in [5, 5.41) is 2.23. The van der Waals surface area contributed by atoms with Crippen molar-refractivity contribution in [2.24, 2.45) is 0 Å². The second-order valence-electron chi connectivity index (χ2n) is 5.29. The summed E-state index contributed by atoms with van der Waals surface area (Å²) < 4.78 is 27.6. The lowest BCUT2D eigenvalue weighted by atomic mass is 10.1. The minimum Gasteiger partial charge on any atom is -0.255 e. The average Bonchev–Trinajstić information content (AvgIpc) is 3.06. The van der Waals surface area contributed by atoms with E-state index in [0.29, 0.717) is 10.0 Å². The molecular weight excluding hydrogens is 348 g/mol. The van der Waals surface area contributed by atoms with Crippen LogP contribution in [0, 0.1) is 20.8 Å². The van der Waals surface area contributed by atoms with Gasteiger partial charge in [0, 0.05) is 20.7 Å². The molecule has 0 aliphatic carbocycles. The molecule has 1 N–H and O–H groups in total. The van der Waals surface area contributed by atoms with Crippen LogP contribution in [-0.4, -0.2) is 13.4 Å². The van der Waals surface area contributed by atoms with Crippen LogP contribution in [0.15, 0.2) is 40.6 Å². The fourth-order valence-corrected chi connectivity index (χ4v) is 5.75. The van der Waals surface area contributed by atoms with Crippen LogP contribution in [0.4, 0.5) is 5.13 Å². The van der Waals surface area contributed by atoms with Gasteiger partial charge in [0.2, 0.25) is 0 Å². The summed E-state index contributed by atoms with van der Waals surface area (Å²) in [4.78, 5) is 6.47. The highest BCUT2D eigenvalue weighted by molar-refractivity contribution is 7.93. The molecule has 23 heavy (non-hydrogen) atoms. The third-order valence-electron chi connectivity index (χ3n) is 3.36. The highest BCUT2D eigenvalue weighted by atomic mass is 32.2. The number of nitrogens with zero attached hydrogens (tertiary/aromatic N) is 1. The maximum atomic E-state index is 12.5. The standard InChI is InChI=1S/C16H16N2O2S3/c1-10-4-6-13(7-5-10)14-9-21-16(17-14)18-23(19,20)15-8-11(2)22-12(15)3/h4-9H,1-3H3,(H,17,18). The van der Waals surface area contributed by atoms with E-state index in [0.717, 1.165) is 21.0 Å². The normalized spacial score (nSPS) is 11.6. The van der Waals surface area contributed by atoms with E-state index in [-0.39, 0.29) is 0 Å². The molecule has 0 aliphatic rings. The second kappa shape index (κ2) is 6.07. The molecule has 2 heterocycles. The van der Waals surface area contributed by atoms with Gasteiger partial charge in [-0.2, -0.15) is 0 Å². The molecule has 0 bridgehead atoms. The van der Waals surface area contributed by atoms with Gasteiger partial charge in [0.15, 0.2) is 5.13 Å². The fraction of sp³-hybridized carbons (Fsp3) is 0.188. The topological polar surface area (TPSA) is 59.1 Å². The first-order valence-electron chi connectivity index (χ1n) is 6.97. The molecule has 4 nitrogen and oxygen atoms in total. The molecule has 0 saturated heterocycles. The Kier molecular flexibility index (Phi) is 4.27. The maximum Gasteiger partial charge on any atom is 0.264 e. The first-order valence-corrected chi connectivity index (χ1v) is 10.2. The Bertz CT molecular complexity index is 938. The minimum atomic E-state index is -3.59. The van der Waals surface area contributed by atoms with Crippen molar-refractivity contribution >= 4 is 37.8 Å². The monoisotopic (exact) mass is 364 g/mol. The maximum absolute atomic E-state index is 12.5. The lowest BCUT2D eigenvalue weighted by Gasteiger charge is -2.04. The van der Waals surface area contributed by atoms with E-state index in [1.807, 2.05) is 50.4 Å². The Morgan fingerprint density at radius 3 is 2.39 bits per heavy atom. The highest BCUT2D eigenvalue weighted by Crippen LogP contribution is 2.29. The predicted octanol–water partition coefficient (Wildman–Crippen LogP) is 4.60. The number of hydrogen-bond acceptors (Lipinski definition) is 5. The molecule has 0 atom stereocenters. The summed E-state index contributed by atoms with van der Waals surface area (Å²) in [6, 6.07) is 9.67. The zero-order valence-electron chi connectivity index (χ0n) is 13.0. The Balaban J connectivity index is 1.86. The van der Waals surface area contributed by atoms with Gasteiger partial charge in [-0.05, 0) is 26.8 Å². The van der Waals surface area contributed by atoms with Crippen molar-refractivity contribution in [2.45, 2.75) is 25.7 Å². The molecule has 120 valence electrons. The Hall–Kier alpha value is -1.70. The summed E-state index contributed by atoms with van der Waals surface area (Å²) in [7, 11) is -3.59. The van der Waals surface area contributed by atoms with Crippen molar-refractivity contribution in [3.8, 4) is 11.3 Å². The van der Waals surface area contributed by atoms with Crippen molar-refractivity contribution in [3.05, 3.63) is 51.0 Å². The molecular formula is C16H16N2O2S3. The van der Waals surface area contributed by atoms with E-state index in [1.54, 1.807) is 6.07 Å². The van der Waals surface area contributed by atoms with Crippen LogP contribution < -0.4 is 4.72 Å². The van der Waals surface area contributed by atoms with Crippen molar-refractivity contribution in [2.75, 3.05) is 4.72 Å². The molecule has 0 saturated carbocycles. The number of sulfonamides is 1. The van der Waals surface area contributed by atoms with Crippen LogP contribution in [0.5, 0.6) is 0 Å². The number of aryl methyl sites for hydroxylation is 3. The van der Waals surface area contributed by atoms with Crippen LogP contribution in [0.3, 0.4) is 0 Å². The van der Waals surface area contributed by atoms with Crippen molar-refractivity contribution in [1.29, 1.82) is 0 Å². The molecule has 0 spiro atoms.